The summed E-state index contributed by atoms with van der Waals surface area (Å²) < 4.78 is 7.58. The van der Waals surface area contributed by atoms with E-state index in [4.69, 9.17) is 4.74 Å². The number of aliphatic hydroxyl groups is 1. The van der Waals surface area contributed by atoms with Crippen LogP contribution in [0.5, 0.6) is 0 Å². The van der Waals surface area contributed by atoms with E-state index in [1.54, 1.807) is 4.90 Å². The molecule has 146 valence electrons. The zero-order valence-electron chi connectivity index (χ0n) is 15.7. The molecule has 2 fully saturated rings. The van der Waals surface area contributed by atoms with Gasteiger partial charge in [0.15, 0.2) is 0 Å². The van der Waals surface area contributed by atoms with E-state index in [9.17, 15) is 9.90 Å². The second kappa shape index (κ2) is 7.96. The highest BCUT2D eigenvalue weighted by Gasteiger charge is 2.36. The lowest BCUT2D eigenvalue weighted by Gasteiger charge is -2.34. The molecule has 2 aliphatic heterocycles. The summed E-state index contributed by atoms with van der Waals surface area (Å²) in [6.45, 7) is 4.25. The fourth-order valence-corrected chi connectivity index (χ4v) is 4.08. The van der Waals surface area contributed by atoms with E-state index in [1.807, 2.05) is 35.0 Å². The number of carbonyl (C=O) groups excluding carboxylic acids is 1. The van der Waals surface area contributed by atoms with E-state index < -0.39 is 5.60 Å². The molecule has 27 heavy (non-hydrogen) atoms. The fourth-order valence-electron chi connectivity index (χ4n) is 4.08. The summed E-state index contributed by atoms with van der Waals surface area (Å²) in [7, 11) is 0. The highest BCUT2D eigenvalue weighted by Crippen LogP contribution is 2.19. The van der Waals surface area contributed by atoms with Crippen LogP contribution in [0.2, 0.25) is 0 Å². The van der Waals surface area contributed by atoms with Crippen molar-refractivity contribution in [1.29, 1.82) is 0 Å². The molecule has 4 rings (SSSR count). The highest BCUT2D eigenvalue weighted by molar-refractivity contribution is 5.76. The second-order valence-corrected chi connectivity index (χ2v) is 7.77. The smallest absolute Gasteiger partial charge is 0.223 e. The molecule has 1 N–H and O–H groups in total. The zero-order chi connectivity index (χ0) is 18.7. The summed E-state index contributed by atoms with van der Waals surface area (Å²) in [5, 5.41) is 11.0. The van der Waals surface area contributed by atoms with Crippen LogP contribution >= 0.6 is 0 Å². The molecule has 7 nitrogen and oxygen atoms in total. The van der Waals surface area contributed by atoms with Gasteiger partial charge in [0, 0.05) is 31.9 Å². The molecule has 0 aliphatic carbocycles. The molecule has 0 saturated carbocycles. The molecule has 0 radical (unpaired) electrons. The molecule has 0 spiro atoms. The van der Waals surface area contributed by atoms with Gasteiger partial charge in [0.2, 0.25) is 5.91 Å². The Morgan fingerprint density at radius 3 is 2.93 bits per heavy atom. The minimum absolute atomic E-state index is 0.0532. The highest BCUT2D eigenvalue weighted by atomic mass is 16.5. The van der Waals surface area contributed by atoms with E-state index in [0.29, 0.717) is 45.7 Å². The van der Waals surface area contributed by atoms with Crippen LogP contribution in [0.25, 0.3) is 5.65 Å². The lowest BCUT2D eigenvalue weighted by molar-refractivity contribution is -0.134. The number of aromatic nitrogens is 2. The number of carbonyl (C=O) groups is 1. The van der Waals surface area contributed by atoms with Crippen LogP contribution in [0.1, 0.15) is 25.0 Å². The number of amides is 1. The summed E-state index contributed by atoms with van der Waals surface area (Å²) in [5.74, 6) is 0.0532. The van der Waals surface area contributed by atoms with Gasteiger partial charge in [-0.05, 0) is 44.5 Å². The van der Waals surface area contributed by atoms with Crippen molar-refractivity contribution in [3.8, 4) is 0 Å². The number of rotatable bonds is 5. The van der Waals surface area contributed by atoms with Crippen molar-refractivity contribution in [2.45, 2.75) is 31.3 Å². The van der Waals surface area contributed by atoms with E-state index in [1.165, 1.54) is 12.8 Å². The van der Waals surface area contributed by atoms with Crippen LogP contribution in [0.4, 0.5) is 0 Å². The van der Waals surface area contributed by atoms with Gasteiger partial charge >= 0.3 is 0 Å². The molecule has 1 atom stereocenters. The maximum atomic E-state index is 12.8. The van der Waals surface area contributed by atoms with Crippen LogP contribution in [-0.2, 0) is 16.0 Å². The number of hydrogen-bond donors (Lipinski definition) is 1. The Morgan fingerprint density at radius 1 is 1.26 bits per heavy atom. The summed E-state index contributed by atoms with van der Waals surface area (Å²) in [5.41, 5.74) is 0.815. The van der Waals surface area contributed by atoms with Crippen molar-refractivity contribution in [1.82, 2.24) is 19.2 Å². The Morgan fingerprint density at radius 2 is 2.11 bits per heavy atom. The molecule has 7 heteroatoms. The van der Waals surface area contributed by atoms with Crippen molar-refractivity contribution in [3.05, 3.63) is 36.3 Å². The average Bonchev–Trinajstić information content (AvgIpc) is 3.26. The van der Waals surface area contributed by atoms with E-state index in [0.717, 1.165) is 24.4 Å². The number of hydrogen-bond acceptors (Lipinski definition) is 5. The minimum atomic E-state index is -0.987. The quantitative estimate of drug-likeness (QED) is 0.846. The van der Waals surface area contributed by atoms with Crippen LogP contribution in [-0.4, -0.2) is 81.7 Å². The Bertz CT molecular complexity index is 753. The number of ether oxygens (including phenoxy) is 1. The van der Waals surface area contributed by atoms with Gasteiger partial charge in [-0.25, -0.2) is 4.98 Å². The number of nitrogens with zero attached hydrogens (tertiary/aromatic N) is 4. The number of β-amino-alcohol motifs (C(OH)–C–C–N with tert-alkyl or cyclic N) is 1. The normalized spacial score (nSPS) is 24.4. The average molecular weight is 372 g/mol. The Hall–Kier alpha value is -1.96. The van der Waals surface area contributed by atoms with E-state index in [-0.39, 0.29) is 5.91 Å². The number of pyridine rings is 1. The Labute approximate surface area is 159 Å². The lowest BCUT2D eigenvalue weighted by Crippen LogP contribution is -2.53. The summed E-state index contributed by atoms with van der Waals surface area (Å²) in [6.07, 6.45) is 7.28. The van der Waals surface area contributed by atoms with Gasteiger partial charge in [-0.2, -0.15) is 0 Å². The van der Waals surface area contributed by atoms with Crippen molar-refractivity contribution in [2.75, 3.05) is 45.9 Å². The summed E-state index contributed by atoms with van der Waals surface area (Å²) in [6, 6.07) is 5.87. The summed E-state index contributed by atoms with van der Waals surface area (Å²) >= 11 is 0. The first-order valence-electron chi connectivity index (χ1n) is 9.84. The Balaban J connectivity index is 1.36. The number of aryl methyl sites for hydroxylation is 1. The number of imidazole rings is 1. The van der Waals surface area contributed by atoms with Gasteiger partial charge in [-0.1, -0.05) is 6.07 Å². The molecule has 1 amide bonds. The van der Waals surface area contributed by atoms with Gasteiger partial charge in [-0.15, -0.1) is 0 Å². The number of likely N-dealkylation sites (tertiary alicyclic amines) is 1. The fraction of sp³-hybridized carbons (Fsp3) is 0.600. The van der Waals surface area contributed by atoms with Gasteiger partial charge < -0.3 is 24.0 Å². The van der Waals surface area contributed by atoms with Crippen molar-refractivity contribution in [2.24, 2.45) is 0 Å². The predicted molar refractivity (Wildman–Crippen MR) is 102 cm³/mol. The van der Waals surface area contributed by atoms with Crippen LogP contribution in [0.15, 0.2) is 30.6 Å². The molecule has 0 unspecified atom stereocenters. The van der Waals surface area contributed by atoms with Gasteiger partial charge in [0.25, 0.3) is 0 Å². The summed E-state index contributed by atoms with van der Waals surface area (Å²) in [4.78, 5) is 21.4. The van der Waals surface area contributed by atoms with Crippen molar-refractivity contribution in [3.63, 3.8) is 0 Å². The molecule has 2 saturated heterocycles. The van der Waals surface area contributed by atoms with Crippen molar-refractivity contribution < 1.29 is 14.6 Å². The molecule has 0 aromatic carbocycles. The number of fused-ring (bicyclic) bond motifs is 1. The molecule has 0 bridgehead atoms. The monoisotopic (exact) mass is 372 g/mol. The first kappa shape index (κ1) is 18.4. The largest absolute Gasteiger partial charge is 0.384 e. The van der Waals surface area contributed by atoms with E-state index in [2.05, 4.69) is 9.88 Å². The molecule has 2 aromatic rings. The first-order chi connectivity index (χ1) is 13.1. The van der Waals surface area contributed by atoms with Crippen LogP contribution in [0.3, 0.4) is 0 Å². The maximum absolute atomic E-state index is 12.8. The molecular formula is C20H28N4O3. The zero-order valence-corrected chi connectivity index (χ0v) is 15.7. The van der Waals surface area contributed by atoms with Gasteiger partial charge in [-0.3, -0.25) is 4.79 Å². The van der Waals surface area contributed by atoms with Crippen molar-refractivity contribution >= 4 is 11.6 Å². The molecule has 2 aliphatic rings. The van der Waals surface area contributed by atoms with Crippen LogP contribution in [0, 0.1) is 0 Å². The minimum Gasteiger partial charge on any atom is -0.384 e. The predicted octanol–water partition coefficient (Wildman–Crippen LogP) is 0.953. The maximum Gasteiger partial charge on any atom is 0.223 e. The third-order valence-electron chi connectivity index (χ3n) is 5.44. The Kier molecular flexibility index (Phi) is 5.43. The second-order valence-electron chi connectivity index (χ2n) is 7.77. The lowest BCUT2D eigenvalue weighted by atomic mass is 10.0. The molecular weight excluding hydrogens is 344 g/mol. The SMILES string of the molecule is O=C(CCc1cn2ccccc2n1)N1CCOC[C@@](O)(CN2CCCC2)C1. The molecule has 4 heterocycles. The first-order valence-corrected chi connectivity index (χ1v) is 9.84. The van der Waals surface area contributed by atoms with E-state index >= 15 is 0 Å². The third-order valence-corrected chi connectivity index (χ3v) is 5.44. The standard InChI is InChI=1S/C20H28N4O3/c25-19(7-6-17-13-23-10-2-1-5-18(23)21-17)24-11-12-27-16-20(26,15-24)14-22-8-3-4-9-22/h1-2,5,10,13,26H,3-4,6-9,11-12,14-16H2/t20-/m1/s1. The van der Waals surface area contributed by atoms with Gasteiger partial charge in [0.1, 0.15) is 11.2 Å². The molecule has 2 aromatic heterocycles. The third kappa shape index (κ3) is 4.48. The van der Waals surface area contributed by atoms with Crippen LogP contribution < -0.4 is 0 Å². The van der Waals surface area contributed by atoms with Gasteiger partial charge in [0.05, 0.1) is 25.5 Å². The topological polar surface area (TPSA) is 70.3 Å².